The third-order valence-electron chi connectivity index (χ3n) is 2.91. The van der Waals surface area contributed by atoms with Gasteiger partial charge in [0.15, 0.2) is 5.41 Å². The predicted molar refractivity (Wildman–Crippen MR) is 63.4 cm³/mol. The summed E-state index contributed by atoms with van der Waals surface area (Å²) in [5.74, 6) is -0.854. The van der Waals surface area contributed by atoms with Crippen LogP contribution in [0.15, 0.2) is 0 Å². The SMILES string of the molecule is CCOC(=O)C1(C(=O)OC(C)(C)C)CCCC1. The second kappa shape index (κ2) is 5.07. The maximum absolute atomic E-state index is 12.2. The monoisotopic (exact) mass is 242 g/mol. The quantitative estimate of drug-likeness (QED) is 0.563. The second-order valence-electron chi connectivity index (χ2n) is 5.51. The molecule has 98 valence electrons. The number of rotatable bonds is 3. The van der Waals surface area contributed by atoms with Crippen LogP contribution in [-0.2, 0) is 19.1 Å². The fourth-order valence-electron chi connectivity index (χ4n) is 2.12. The van der Waals surface area contributed by atoms with Crippen LogP contribution in [0.2, 0.25) is 0 Å². The number of ether oxygens (including phenoxy) is 2. The highest BCUT2D eigenvalue weighted by Gasteiger charge is 2.51. The third kappa shape index (κ3) is 3.20. The van der Waals surface area contributed by atoms with Gasteiger partial charge in [0.25, 0.3) is 0 Å². The van der Waals surface area contributed by atoms with Crippen molar-refractivity contribution in [1.82, 2.24) is 0 Å². The number of carbonyl (C=O) groups is 2. The molecule has 0 N–H and O–H groups in total. The predicted octanol–water partition coefficient (Wildman–Crippen LogP) is 2.45. The molecule has 0 radical (unpaired) electrons. The van der Waals surface area contributed by atoms with Gasteiger partial charge in [0.2, 0.25) is 0 Å². The van der Waals surface area contributed by atoms with Gasteiger partial charge in [0, 0.05) is 0 Å². The van der Waals surface area contributed by atoms with Crippen molar-refractivity contribution >= 4 is 11.9 Å². The molecule has 1 fully saturated rings. The lowest BCUT2D eigenvalue weighted by molar-refractivity contribution is -0.179. The van der Waals surface area contributed by atoms with Gasteiger partial charge < -0.3 is 9.47 Å². The highest BCUT2D eigenvalue weighted by atomic mass is 16.6. The molecule has 1 aliphatic rings. The van der Waals surface area contributed by atoms with Crippen LogP contribution in [0, 0.1) is 5.41 Å². The lowest BCUT2D eigenvalue weighted by Gasteiger charge is -2.29. The van der Waals surface area contributed by atoms with Crippen molar-refractivity contribution in [3.63, 3.8) is 0 Å². The number of carbonyl (C=O) groups excluding carboxylic acids is 2. The molecule has 0 saturated heterocycles. The maximum Gasteiger partial charge on any atom is 0.324 e. The molecule has 4 nitrogen and oxygen atoms in total. The Morgan fingerprint density at radius 1 is 1.12 bits per heavy atom. The van der Waals surface area contributed by atoms with E-state index in [1.54, 1.807) is 27.7 Å². The maximum atomic E-state index is 12.2. The van der Waals surface area contributed by atoms with Gasteiger partial charge in [-0.2, -0.15) is 0 Å². The minimum absolute atomic E-state index is 0.295. The van der Waals surface area contributed by atoms with Crippen LogP contribution in [0.25, 0.3) is 0 Å². The molecule has 0 aromatic heterocycles. The van der Waals surface area contributed by atoms with Gasteiger partial charge >= 0.3 is 11.9 Å². The van der Waals surface area contributed by atoms with Gasteiger partial charge in [-0.05, 0) is 40.5 Å². The van der Waals surface area contributed by atoms with E-state index in [2.05, 4.69) is 0 Å². The van der Waals surface area contributed by atoms with E-state index >= 15 is 0 Å². The van der Waals surface area contributed by atoms with E-state index in [9.17, 15) is 9.59 Å². The Kier molecular flexibility index (Phi) is 4.17. The van der Waals surface area contributed by atoms with Crippen LogP contribution in [0.5, 0.6) is 0 Å². The van der Waals surface area contributed by atoms with E-state index in [4.69, 9.17) is 9.47 Å². The minimum Gasteiger partial charge on any atom is -0.465 e. The average Bonchev–Trinajstić information content (AvgIpc) is 2.64. The Bertz CT molecular complexity index is 295. The molecule has 0 spiro atoms. The van der Waals surface area contributed by atoms with Crippen molar-refractivity contribution in [1.29, 1.82) is 0 Å². The molecule has 0 aromatic carbocycles. The van der Waals surface area contributed by atoms with Crippen molar-refractivity contribution in [2.45, 2.75) is 59.0 Å². The lowest BCUT2D eigenvalue weighted by atomic mass is 9.86. The van der Waals surface area contributed by atoms with E-state index < -0.39 is 23.0 Å². The Morgan fingerprint density at radius 3 is 2.06 bits per heavy atom. The fourth-order valence-corrected chi connectivity index (χ4v) is 2.12. The summed E-state index contributed by atoms with van der Waals surface area (Å²) in [4.78, 5) is 24.1. The summed E-state index contributed by atoms with van der Waals surface area (Å²) in [6.07, 6.45) is 2.83. The van der Waals surface area contributed by atoms with E-state index in [1.165, 1.54) is 0 Å². The van der Waals surface area contributed by atoms with Crippen molar-refractivity contribution in [3.05, 3.63) is 0 Å². The first-order chi connectivity index (χ1) is 7.82. The summed E-state index contributed by atoms with van der Waals surface area (Å²) in [6, 6.07) is 0. The Labute approximate surface area is 103 Å². The molecule has 4 heteroatoms. The molecule has 0 bridgehead atoms. The van der Waals surface area contributed by atoms with Crippen LogP contribution in [-0.4, -0.2) is 24.1 Å². The van der Waals surface area contributed by atoms with Crippen LogP contribution < -0.4 is 0 Å². The van der Waals surface area contributed by atoms with Crippen molar-refractivity contribution < 1.29 is 19.1 Å². The molecule has 1 rings (SSSR count). The van der Waals surface area contributed by atoms with Gasteiger partial charge in [0.1, 0.15) is 5.60 Å². The van der Waals surface area contributed by atoms with Gasteiger partial charge in [-0.3, -0.25) is 9.59 Å². The molecule has 0 atom stereocenters. The van der Waals surface area contributed by atoms with Gasteiger partial charge in [-0.15, -0.1) is 0 Å². The number of esters is 2. The summed E-state index contributed by atoms with van der Waals surface area (Å²) >= 11 is 0. The first kappa shape index (κ1) is 14.0. The van der Waals surface area contributed by atoms with Gasteiger partial charge in [-0.1, -0.05) is 12.8 Å². The fraction of sp³-hybridized carbons (Fsp3) is 0.846. The zero-order valence-corrected chi connectivity index (χ0v) is 11.2. The Morgan fingerprint density at radius 2 is 1.65 bits per heavy atom. The van der Waals surface area contributed by atoms with E-state index in [1.807, 2.05) is 0 Å². The van der Waals surface area contributed by atoms with Crippen molar-refractivity contribution in [2.75, 3.05) is 6.61 Å². The number of hydrogen-bond donors (Lipinski definition) is 0. The van der Waals surface area contributed by atoms with E-state index in [0.29, 0.717) is 19.4 Å². The van der Waals surface area contributed by atoms with Crippen LogP contribution in [0.1, 0.15) is 53.4 Å². The van der Waals surface area contributed by atoms with Crippen molar-refractivity contribution in [2.24, 2.45) is 5.41 Å². The summed E-state index contributed by atoms with van der Waals surface area (Å²) in [5.41, 5.74) is -1.62. The van der Waals surface area contributed by atoms with Gasteiger partial charge in [0.05, 0.1) is 6.61 Å². The Balaban J connectivity index is 2.85. The summed E-state index contributed by atoms with van der Waals surface area (Å²) in [6.45, 7) is 7.45. The largest absolute Gasteiger partial charge is 0.465 e. The Hall–Kier alpha value is -1.06. The average molecular weight is 242 g/mol. The molecule has 0 aliphatic heterocycles. The first-order valence-corrected chi connectivity index (χ1v) is 6.22. The summed E-state index contributed by atoms with van der Waals surface area (Å²) in [7, 11) is 0. The van der Waals surface area contributed by atoms with Crippen LogP contribution in [0.3, 0.4) is 0 Å². The first-order valence-electron chi connectivity index (χ1n) is 6.22. The molecule has 0 unspecified atom stereocenters. The molecule has 0 heterocycles. The lowest BCUT2D eigenvalue weighted by Crippen LogP contribution is -2.42. The van der Waals surface area contributed by atoms with E-state index in [0.717, 1.165) is 12.8 Å². The highest BCUT2D eigenvalue weighted by molar-refractivity contribution is 6.00. The van der Waals surface area contributed by atoms with E-state index in [-0.39, 0.29) is 0 Å². The molecular formula is C13H22O4. The van der Waals surface area contributed by atoms with Crippen LogP contribution in [0.4, 0.5) is 0 Å². The molecular weight excluding hydrogens is 220 g/mol. The topological polar surface area (TPSA) is 52.6 Å². The molecule has 1 aliphatic carbocycles. The van der Waals surface area contributed by atoms with Crippen molar-refractivity contribution in [3.8, 4) is 0 Å². The highest BCUT2D eigenvalue weighted by Crippen LogP contribution is 2.41. The van der Waals surface area contributed by atoms with Crippen LogP contribution >= 0.6 is 0 Å². The normalized spacial score (nSPS) is 18.8. The minimum atomic E-state index is -1.05. The number of hydrogen-bond acceptors (Lipinski definition) is 4. The second-order valence-corrected chi connectivity index (χ2v) is 5.51. The van der Waals surface area contributed by atoms with Gasteiger partial charge in [-0.25, -0.2) is 0 Å². The smallest absolute Gasteiger partial charge is 0.324 e. The standard InChI is InChI=1S/C13H22O4/c1-5-16-10(14)13(8-6-7-9-13)11(15)17-12(2,3)4/h5-9H2,1-4H3. The zero-order valence-electron chi connectivity index (χ0n) is 11.2. The third-order valence-corrected chi connectivity index (χ3v) is 2.91. The zero-order chi connectivity index (χ0) is 13.1. The molecule has 1 saturated carbocycles. The summed E-state index contributed by atoms with van der Waals surface area (Å²) in [5, 5.41) is 0. The summed E-state index contributed by atoms with van der Waals surface area (Å²) < 4.78 is 10.4. The molecule has 0 amide bonds. The molecule has 0 aromatic rings. The molecule has 17 heavy (non-hydrogen) atoms.